The van der Waals surface area contributed by atoms with E-state index in [1.807, 2.05) is 0 Å². The van der Waals surface area contributed by atoms with Crippen molar-refractivity contribution in [1.82, 2.24) is 9.80 Å². The van der Waals surface area contributed by atoms with Gasteiger partial charge in [0.15, 0.2) is 5.54 Å². The summed E-state index contributed by atoms with van der Waals surface area (Å²) in [7, 11) is 0. The maximum absolute atomic E-state index is 13.9. The van der Waals surface area contributed by atoms with Gasteiger partial charge >= 0.3 is 18.1 Å². The van der Waals surface area contributed by atoms with Gasteiger partial charge in [-0.1, -0.05) is 0 Å². The Morgan fingerprint density at radius 2 is 1.54 bits per heavy atom. The van der Waals surface area contributed by atoms with E-state index in [0.717, 1.165) is 29.2 Å². The lowest BCUT2D eigenvalue weighted by Crippen LogP contribution is -2.69. The van der Waals surface area contributed by atoms with E-state index in [2.05, 4.69) is 0 Å². The number of fused-ring (bicyclic) bond motifs is 2. The Hall–Kier alpha value is -3.15. The molecule has 2 bridgehead atoms. The van der Waals surface area contributed by atoms with Crippen molar-refractivity contribution in [2.24, 2.45) is 11.7 Å². The third-order valence-corrected chi connectivity index (χ3v) is 7.96. The molecule has 3 heterocycles. The number of benzene rings is 1. The zero-order valence-corrected chi connectivity index (χ0v) is 22.2. The number of carboxylic acid groups (broad SMARTS) is 1. The van der Waals surface area contributed by atoms with Gasteiger partial charge in [0.1, 0.15) is 11.6 Å². The summed E-state index contributed by atoms with van der Waals surface area (Å²) in [4.78, 5) is 55.3. The molecule has 214 valence electrons. The Labute approximate surface area is 224 Å². The molecule has 0 aliphatic carbocycles. The first-order valence-electron chi connectivity index (χ1n) is 13.1. The number of carbonyl (C=O) groups is 4. The molecule has 3 saturated heterocycles. The van der Waals surface area contributed by atoms with Gasteiger partial charge in [0.25, 0.3) is 11.8 Å². The van der Waals surface area contributed by atoms with Crippen LogP contribution in [0, 0.1) is 5.92 Å². The van der Waals surface area contributed by atoms with E-state index in [-0.39, 0.29) is 31.4 Å². The third-order valence-electron chi connectivity index (χ3n) is 7.96. The number of amides is 2. The summed E-state index contributed by atoms with van der Waals surface area (Å²) in [5.41, 5.74) is 2.82. The van der Waals surface area contributed by atoms with Gasteiger partial charge in [-0.05, 0) is 83.6 Å². The number of halogens is 3. The summed E-state index contributed by atoms with van der Waals surface area (Å²) in [6.07, 6.45) is -2.28. The van der Waals surface area contributed by atoms with Crippen molar-refractivity contribution < 1.29 is 42.2 Å². The summed E-state index contributed by atoms with van der Waals surface area (Å²) in [6.45, 7) is 5.07. The van der Waals surface area contributed by atoms with Gasteiger partial charge < -0.3 is 25.4 Å². The molecule has 9 nitrogen and oxygen atoms in total. The number of carbonyl (C=O) groups excluding carboxylic acids is 3. The van der Waals surface area contributed by atoms with E-state index < -0.39 is 70.7 Å². The van der Waals surface area contributed by atoms with Crippen LogP contribution in [0.1, 0.15) is 75.2 Å². The summed E-state index contributed by atoms with van der Waals surface area (Å²) < 4.78 is 44.5. The number of carboxylic acids is 1. The predicted octanol–water partition coefficient (Wildman–Crippen LogP) is 3.20. The Kier molecular flexibility index (Phi) is 7.48. The Morgan fingerprint density at radius 1 is 0.974 bits per heavy atom. The third kappa shape index (κ3) is 5.48. The smallest absolute Gasteiger partial charge is 0.416 e. The molecule has 1 aromatic carbocycles. The minimum absolute atomic E-state index is 0.113. The van der Waals surface area contributed by atoms with Gasteiger partial charge in [0, 0.05) is 30.1 Å². The topological polar surface area (TPSA) is 130 Å². The molecule has 2 unspecified atom stereocenters. The first kappa shape index (κ1) is 28.8. The number of piperidine rings is 1. The average molecular weight is 554 g/mol. The molecule has 0 spiro atoms. The summed E-state index contributed by atoms with van der Waals surface area (Å²) >= 11 is 0. The Morgan fingerprint density at radius 3 is 2.03 bits per heavy atom. The van der Waals surface area contributed by atoms with Crippen LogP contribution < -0.4 is 5.73 Å². The number of nitrogens with two attached hydrogens (primary N) is 1. The van der Waals surface area contributed by atoms with Crippen molar-refractivity contribution in [1.29, 1.82) is 0 Å². The van der Waals surface area contributed by atoms with Gasteiger partial charge in [0.05, 0.1) is 5.56 Å². The highest BCUT2D eigenvalue weighted by atomic mass is 19.4. The molecule has 0 radical (unpaired) electrons. The number of hydrogen-bond acceptors (Lipinski definition) is 6. The molecule has 4 rings (SSSR count). The molecule has 3 fully saturated rings. The van der Waals surface area contributed by atoms with Crippen LogP contribution in [0.5, 0.6) is 0 Å². The van der Waals surface area contributed by atoms with Gasteiger partial charge in [-0.3, -0.25) is 9.59 Å². The molecule has 12 heteroatoms. The molecule has 3 N–H and O–H groups in total. The van der Waals surface area contributed by atoms with Crippen LogP contribution in [0.15, 0.2) is 24.3 Å². The standard InChI is InChI=1S/C27H34F3N3O6/c1-25(2,3)39-24(38)26(31,23(37)32-12-4-5-20(32)22(35)36)17-13-18-10-11-19(14-17)33(18)21(34)15-6-8-16(9-7-15)27(28,29)30/h6-9,17-20H,4-5,10-14,31H2,1-3H3,(H,35,36)/t17?,18?,19?,20-,26-/m0/s1. The number of esters is 1. The highest BCUT2D eigenvalue weighted by molar-refractivity contribution is 6.09. The lowest BCUT2D eigenvalue weighted by molar-refractivity contribution is -0.173. The first-order chi connectivity index (χ1) is 18.0. The number of likely N-dealkylation sites (tertiary alicyclic amines) is 1. The zero-order valence-electron chi connectivity index (χ0n) is 22.2. The van der Waals surface area contributed by atoms with Gasteiger partial charge in [-0.25, -0.2) is 9.59 Å². The van der Waals surface area contributed by atoms with Crippen LogP contribution in [0.2, 0.25) is 0 Å². The van der Waals surface area contributed by atoms with Crippen molar-refractivity contribution in [3.8, 4) is 0 Å². The van der Waals surface area contributed by atoms with Crippen LogP contribution in [0.3, 0.4) is 0 Å². The molecule has 0 saturated carbocycles. The summed E-state index contributed by atoms with van der Waals surface area (Å²) in [6, 6.07) is 2.14. The van der Waals surface area contributed by atoms with Gasteiger partial charge in [0.2, 0.25) is 0 Å². The zero-order chi connectivity index (χ0) is 28.9. The lowest BCUT2D eigenvalue weighted by atomic mass is 9.74. The van der Waals surface area contributed by atoms with Crippen LogP contribution in [-0.2, 0) is 25.3 Å². The molecular weight excluding hydrogens is 519 g/mol. The molecule has 0 aromatic heterocycles. The molecular formula is C27H34F3N3O6. The SMILES string of the molecule is CC(C)(C)OC(=O)[C@@](N)(C(=O)N1CCC[C@H]1C(=O)O)C1CC2CCC(C1)N2C(=O)c1ccc(C(F)(F)F)cc1. The normalized spacial score (nSPS) is 26.7. The minimum atomic E-state index is -4.52. The highest BCUT2D eigenvalue weighted by Crippen LogP contribution is 2.44. The molecule has 1 aromatic rings. The second-order valence-corrected chi connectivity index (χ2v) is 11.7. The Bertz CT molecular complexity index is 1130. The lowest BCUT2D eigenvalue weighted by Gasteiger charge is -2.46. The predicted molar refractivity (Wildman–Crippen MR) is 132 cm³/mol. The molecule has 2 amide bonds. The number of ether oxygens (including phenoxy) is 1. The second-order valence-electron chi connectivity index (χ2n) is 11.7. The molecule has 4 atom stereocenters. The van der Waals surface area contributed by atoms with Crippen molar-refractivity contribution in [2.75, 3.05) is 6.54 Å². The molecule has 39 heavy (non-hydrogen) atoms. The van der Waals surface area contributed by atoms with Crippen molar-refractivity contribution in [2.45, 2.75) is 94.7 Å². The van der Waals surface area contributed by atoms with E-state index in [0.29, 0.717) is 19.3 Å². The number of nitrogens with zero attached hydrogens (tertiary/aromatic N) is 2. The fourth-order valence-electron chi connectivity index (χ4n) is 6.13. The maximum Gasteiger partial charge on any atom is 0.416 e. The number of alkyl halides is 3. The summed E-state index contributed by atoms with van der Waals surface area (Å²) in [5.74, 6) is -4.07. The summed E-state index contributed by atoms with van der Waals surface area (Å²) in [5, 5.41) is 9.64. The minimum Gasteiger partial charge on any atom is -0.480 e. The van der Waals surface area contributed by atoms with Gasteiger partial charge in [-0.15, -0.1) is 0 Å². The van der Waals surface area contributed by atoms with E-state index in [1.165, 1.54) is 0 Å². The van der Waals surface area contributed by atoms with Crippen molar-refractivity contribution >= 4 is 23.8 Å². The van der Waals surface area contributed by atoms with Crippen LogP contribution in [-0.4, -0.2) is 74.5 Å². The Balaban J connectivity index is 1.61. The van der Waals surface area contributed by atoms with Crippen molar-refractivity contribution in [3.63, 3.8) is 0 Å². The monoisotopic (exact) mass is 553 g/mol. The first-order valence-corrected chi connectivity index (χ1v) is 13.1. The van der Waals surface area contributed by atoms with Gasteiger partial charge in [-0.2, -0.15) is 13.2 Å². The van der Waals surface area contributed by atoms with Crippen LogP contribution in [0.25, 0.3) is 0 Å². The average Bonchev–Trinajstić information content (AvgIpc) is 3.43. The largest absolute Gasteiger partial charge is 0.480 e. The maximum atomic E-state index is 13.9. The highest BCUT2D eigenvalue weighted by Gasteiger charge is 2.59. The van der Waals surface area contributed by atoms with Crippen LogP contribution >= 0.6 is 0 Å². The van der Waals surface area contributed by atoms with E-state index in [4.69, 9.17) is 10.5 Å². The second kappa shape index (κ2) is 10.1. The molecule has 3 aliphatic rings. The van der Waals surface area contributed by atoms with Crippen LogP contribution in [0.4, 0.5) is 13.2 Å². The van der Waals surface area contributed by atoms with E-state index in [9.17, 15) is 37.5 Å². The van der Waals surface area contributed by atoms with Crippen molar-refractivity contribution in [3.05, 3.63) is 35.4 Å². The fraction of sp³-hybridized carbons (Fsp3) is 0.630. The molecule has 3 aliphatic heterocycles. The van der Waals surface area contributed by atoms with E-state index >= 15 is 0 Å². The fourth-order valence-corrected chi connectivity index (χ4v) is 6.13. The quantitative estimate of drug-likeness (QED) is 0.423. The number of aliphatic carboxylic acids is 1. The van der Waals surface area contributed by atoms with E-state index in [1.54, 1.807) is 25.7 Å². The number of rotatable bonds is 5. The number of hydrogen-bond donors (Lipinski definition) is 2.